The van der Waals surface area contributed by atoms with E-state index in [-0.39, 0.29) is 0 Å². The van der Waals surface area contributed by atoms with Gasteiger partial charge >= 0.3 is 0 Å². The smallest absolute Gasteiger partial charge is 0.222 e. The third-order valence-electron chi connectivity index (χ3n) is 4.76. The topological polar surface area (TPSA) is 45.2 Å². The lowest BCUT2D eigenvalue weighted by atomic mass is 10.1. The average molecular weight is 384 g/mol. The molecular formula is C19H33N3OS2. The fraction of sp³-hybridized carbons (Fsp3) is 0.789. The molecule has 142 valence electrons. The molecule has 1 aromatic rings. The molecule has 1 amide bonds. The van der Waals surface area contributed by atoms with E-state index in [0.29, 0.717) is 18.4 Å². The molecule has 1 aliphatic rings. The van der Waals surface area contributed by atoms with Crippen LogP contribution in [0.2, 0.25) is 0 Å². The van der Waals surface area contributed by atoms with Crippen LogP contribution in [-0.2, 0) is 4.79 Å². The zero-order valence-corrected chi connectivity index (χ0v) is 17.2. The van der Waals surface area contributed by atoms with Crippen molar-refractivity contribution in [1.29, 1.82) is 0 Å². The van der Waals surface area contributed by atoms with E-state index in [0.717, 1.165) is 36.1 Å². The lowest BCUT2D eigenvalue weighted by molar-refractivity contribution is -0.128. The van der Waals surface area contributed by atoms with Crippen molar-refractivity contribution >= 4 is 29.0 Å². The number of carbonyl (C=O) groups excluding carboxylic acids is 1. The van der Waals surface area contributed by atoms with Crippen molar-refractivity contribution in [2.75, 3.05) is 25.4 Å². The highest BCUT2D eigenvalue weighted by Gasteiger charge is 2.29. The van der Waals surface area contributed by atoms with E-state index in [1.807, 2.05) is 11.6 Å². The number of nitrogens with zero attached hydrogens (tertiary/aromatic N) is 2. The van der Waals surface area contributed by atoms with Gasteiger partial charge in [0.2, 0.25) is 5.91 Å². The van der Waals surface area contributed by atoms with E-state index in [9.17, 15) is 4.79 Å². The monoisotopic (exact) mass is 383 g/mol. The maximum Gasteiger partial charge on any atom is 0.222 e. The SMILES string of the molecule is CCCCCCCCCNC[C@H]1CCC(=O)N1CCSc1nccs1. The highest BCUT2D eigenvalue weighted by Crippen LogP contribution is 2.23. The second kappa shape index (κ2) is 12.7. The summed E-state index contributed by atoms with van der Waals surface area (Å²) in [4.78, 5) is 18.5. The van der Waals surface area contributed by atoms with Crippen LogP contribution in [0.4, 0.5) is 0 Å². The number of nitrogens with one attached hydrogen (secondary N) is 1. The van der Waals surface area contributed by atoms with E-state index in [1.165, 1.54) is 44.9 Å². The van der Waals surface area contributed by atoms with E-state index < -0.39 is 0 Å². The lowest BCUT2D eigenvalue weighted by Gasteiger charge is -2.25. The second-order valence-corrected chi connectivity index (χ2v) is 8.99. The molecule has 0 spiro atoms. The molecule has 0 saturated carbocycles. The fourth-order valence-corrected chi connectivity index (χ4v) is 4.95. The van der Waals surface area contributed by atoms with Crippen molar-refractivity contribution in [2.45, 2.75) is 75.1 Å². The first kappa shape index (κ1) is 20.7. The third-order valence-corrected chi connectivity index (χ3v) is 6.70. The number of carbonyl (C=O) groups is 1. The van der Waals surface area contributed by atoms with Crippen LogP contribution in [0.3, 0.4) is 0 Å². The van der Waals surface area contributed by atoms with Crippen LogP contribution < -0.4 is 5.32 Å². The molecule has 6 heteroatoms. The summed E-state index contributed by atoms with van der Waals surface area (Å²) in [6.07, 6.45) is 13.0. The number of rotatable bonds is 14. The van der Waals surface area contributed by atoms with Crippen molar-refractivity contribution in [2.24, 2.45) is 0 Å². The Morgan fingerprint density at radius 2 is 2.08 bits per heavy atom. The summed E-state index contributed by atoms with van der Waals surface area (Å²) < 4.78 is 1.10. The van der Waals surface area contributed by atoms with Crippen LogP contribution in [0.5, 0.6) is 0 Å². The van der Waals surface area contributed by atoms with Crippen LogP contribution in [0, 0.1) is 0 Å². The van der Waals surface area contributed by atoms with Crippen LogP contribution in [0.1, 0.15) is 64.7 Å². The largest absolute Gasteiger partial charge is 0.338 e. The molecule has 0 radical (unpaired) electrons. The van der Waals surface area contributed by atoms with E-state index in [1.54, 1.807) is 23.1 Å². The molecule has 1 aliphatic heterocycles. The van der Waals surface area contributed by atoms with Crippen LogP contribution in [0.25, 0.3) is 0 Å². The summed E-state index contributed by atoms with van der Waals surface area (Å²) in [7, 11) is 0. The molecule has 1 aromatic heterocycles. The van der Waals surface area contributed by atoms with Gasteiger partial charge in [0.05, 0.1) is 0 Å². The van der Waals surface area contributed by atoms with Gasteiger partial charge in [-0.2, -0.15) is 0 Å². The highest BCUT2D eigenvalue weighted by molar-refractivity contribution is 8.01. The summed E-state index contributed by atoms with van der Waals surface area (Å²) in [5.74, 6) is 1.26. The summed E-state index contributed by atoms with van der Waals surface area (Å²) in [5.41, 5.74) is 0. The molecule has 0 aliphatic carbocycles. The number of thiazole rings is 1. The van der Waals surface area contributed by atoms with Gasteiger partial charge in [-0.3, -0.25) is 4.79 Å². The summed E-state index contributed by atoms with van der Waals surface area (Å²) in [6, 6.07) is 0.383. The molecule has 1 atom stereocenters. The van der Waals surface area contributed by atoms with Gasteiger partial charge in [-0.25, -0.2) is 4.98 Å². The molecular weight excluding hydrogens is 350 g/mol. The number of amides is 1. The normalized spacial score (nSPS) is 17.6. The lowest BCUT2D eigenvalue weighted by Crippen LogP contribution is -2.41. The van der Waals surface area contributed by atoms with Crippen LogP contribution in [-0.4, -0.2) is 47.2 Å². The summed E-state index contributed by atoms with van der Waals surface area (Å²) in [6.45, 7) is 5.13. The number of hydrogen-bond acceptors (Lipinski definition) is 5. The van der Waals surface area contributed by atoms with Crippen molar-refractivity contribution in [3.63, 3.8) is 0 Å². The molecule has 1 fully saturated rings. The minimum absolute atomic E-state index is 0.322. The Balaban J connectivity index is 1.53. The molecule has 1 N–H and O–H groups in total. The first-order chi connectivity index (χ1) is 12.3. The maximum absolute atomic E-state index is 12.1. The zero-order chi connectivity index (χ0) is 17.7. The standard InChI is InChI=1S/C19H33N3OS2/c1-2-3-4-5-6-7-8-11-20-16-17-9-10-18(23)22(17)13-15-25-19-21-12-14-24-19/h12,14,17,20H,2-11,13,15-16H2,1H3/t17-/m1/s1. The molecule has 4 nitrogen and oxygen atoms in total. The number of unbranched alkanes of at least 4 members (excludes halogenated alkanes) is 6. The van der Waals surface area contributed by atoms with Gasteiger partial charge in [0.15, 0.2) is 0 Å². The molecule has 25 heavy (non-hydrogen) atoms. The Kier molecular flexibility index (Phi) is 10.5. The van der Waals surface area contributed by atoms with Gasteiger partial charge in [0, 0.05) is 42.9 Å². The van der Waals surface area contributed by atoms with Gasteiger partial charge < -0.3 is 10.2 Å². The third kappa shape index (κ3) is 8.09. The summed E-state index contributed by atoms with van der Waals surface area (Å²) in [5, 5.41) is 5.57. The predicted octanol–water partition coefficient (Wildman–Crippen LogP) is 4.57. The number of hydrogen-bond donors (Lipinski definition) is 1. The Morgan fingerprint density at radius 3 is 2.84 bits per heavy atom. The first-order valence-corrected chi connectivity index (χ1v) is 11.7. The molecule has 0 aromatic carbocycles. The Bertz CT molecular complexity index is 467. The van der Waals surface area contributed by atoms with Crippen molar-refractivity contribution in [1.82, 2.24) is 15.2 Å². The van der Waals surface area contributed by atoms with Gasteiger partial charge in [-0.05, 0) is 19.4 Å². The Morgan fingerprint density at radius 1 is 1.28 bits per heavy atom. The van der Waals surface area contributed by atoms with Crippen LogP contribution in [0.15, 0.2) is 15.9 Å². The molecule has 0 unspecified atom stereocenters. The van der Waals surface area contributed by atoms with Crippen molar-refractivity contribution in [3.8, 4) is 0 Å². The second-order valence-electron chi connectivity index (χ2n) is 6.75. The highest BCUT2D eigenvalue weighted by atomic mass is 32.2. The van der Waals surface area contributed by atoms with E-state index >= 15 is 0 Å². The van der Waals surface area contributed by atoms with Gasteiger partial charge in [-0.1, -0.05) is 57.2 Å². The fourth-order valence-electron chi connectivity index (χ4n) is 3.30. The quantitative estimate of drug-likeness (QED) is 0.378. The van der Waals surface area contributed by atoms with Gasteiger partial charge in [0.25, 0.3) is 0 Å². The molecule has 1 saturated heterocycles. The molecule has 2 rings (SSSR count). The first-order valence-electron chi connectivity index (χ1n) is 9.83. The van der Waals surface area contributed by atoms with Gasteiger partial charge in [-0.15, -0.1) is 11.3 Å². The Labute approximate surface area is 161 Å². The van der Waals surface area contributed by atoms with Crippen molar-refractivity contribution < 1.29 is 4.79 Å². The number of thioether (sulfide) groups is 1. The average Bonchev–Trinajstić information content (AvgIpc) is 3.25. The van der Waals surface area contributed by atoms with Crippen LogP contribution >= 0.6 is 23.1 Å². The predicted molar refractivity (Wildman–Crippen MR) is 108 cm³/mol. The minimum Gasteiger partial charge on any atom is -0.338 e. The molecule has 0 bridgehead atoms. The maximum atomic E-state index is 12.1. The summed E-state index contributed by atoms with van der Waals surface area (Å²) >= 11 is 3.42. The van der Waals surface area contributed by atoms with E-state index in [2.05, 4.69) is 22.1 Å². The zero-order valence-electron chi connectivity index (χ0n) is 15.5. The Hall–Kier alpha value is -0.590. The molecule has 2 heterocycles. The van der Waals surface area contributed by atoms with Crippen molar-refractivity contribution in [3.05, 3.63) is 11.6 Å². The number of aromatic nitrogens is 1. The van der Waals surface area contributed by atoms with Gasteiger partial charge in [0.1, 0.15) is 4.34 Å². The van der Waals surface area contributed by atoms with E-state index in [4.69, 9.17) is 0 Å². The number of likely N-dealkylation sites (tertiary alicyclic amines) is 1. The minimum atomic E-state index is 0.322.